The molecule has 22 heavy (non-hydrogen) atoms. The van der Waals surface area contributed by atoms with E-state index in [4.69, 9.17) is 4.74 Å². The molecule has 0 atom stereocenters. The molecule has 1 aliphatic rings. The monoisotopic (exact) mass is 291 g/mol. The molecular weight excluding hydrogens is 274 g/mol. The van der Waals surface area contributed by atoms with Gasteiger partial charge in [-0.1, -0.05) is 42.5 Å². The first kappa shape index (κ1) is 14.1. The minimum atomic E-state index is -0.144. The number of hydrogen-bond acceptors (Lipinski definition) is 2. The highest BCUT2D eigenvalue weighted by Gasteiger charge is 2.10. The Morgan fingerprint density at radius 1 is 1.09 bits per heavy atom. The van der Waals surface area contributed by atoms with Crippen molar-refractivity contribution in [1.29, 1.82) is 0 Å². The summed E-state index contributed by atoms with van der Waals surface area (Å²) in [6.07, 6.45) is 7.23. The van der Waals surface area contributed by atoms with Gasteiger partial charge in [-0.25, -0.2) is 0 Å². The zero-order chi connectivity index (χ0) is 15.4. The Hall–Kier alpha value is -2.81. The van der Waals surface area contributed by atoms with Crippen molar-refractivity contribution in [3.05, 3.63) is 77.9 Å². The Kier molecular flexibility index (Phi) is 4.05. The molecule has 0 fully saturated rings. The Labute approximate surface area is 129 Å². The fraction of sp³-hybridized carbons (Fsp3) is 0.105. The first-order valence-corrected chi connectivity index (χ1v) is 7.18. The van der Waals surface area contributed by atoms with E-state index in [0.717, 1.165) is 12.0 Å². The van der Waals surface area contributed by atoms with E-state index in [1.807, 2.05) is 48.5 Å². The first-order valence-electron chi connectivity index (χ1n) is 7.18. The molecule has 1 amide bonds. The fourth-order valence-electron chi connectivity index (χ4n) is 2.44. The van der Waals surface area contributed by atoms with E-state index < -0.39 is 0 Å². The van der Waals surface area contributed by atoms with Crippen LogP contribution in [-0.2, 0) is 0 Å². The van der Waals surface area contributed by atoms with Crippen molar-refractivity contribution in [3.8, 4) is 5.75 Å². The number of allylic oxidation sites excluding steroid dienone is 4. The van der Waals surface area contributed by atoms with Gasteiger partial charge in [-0.15, -0.1) is 0 Å². The molecule has 0 aliphatic heterocycles. The molecule has 1 N–H and O–H groups in total. The van der Waals surface area contributed by atoms with Crippen LogP contribution < -0.4 is 10.1 Å². The normalized spacial score (nSPS) is 12.9. The van der Waals surface area contributed by atoms with Gasteiger partial charge in [0.25, 0.3) is 5.91 Å². The largest absolute Gasteiger partial charge is 0.495 e. The van der Waals surface area contributed by atoms with E-state index in [2.05, 4.69) is 23.5 Å². The van der Waals surface area contributed by atoms with Crippen LogP contribution in [-0.4, -0.2) is 13.0 Å². The van der Waals surface area contributed by atoms with Crippen LogP contribution in [0.5, 0.6) is 5.75 Å². The van der Waals surface area contributed by atoms with Gasteiger partial charge in [-0.2, -0.15) is 0 Å². The molecule has 0 spiro atoms. The number of carbonyl (C=O) groups excluding carboxylic acids is 1. The molecule has 0 bridgehead atoms. The van der Waals surface area contributed by atoms with Crippen molar-refractivity contribution in [3.63, 3.8) is 0 Å². The number of rotatable bonds is 4. The van der Waals surface area contributed by atoms with E-state index in [1.54, 1.807) is 7.11 Å². The SMILES string of the molecule is COc1ccccc1NC(=O)c1ccc(C2=CC=CC2)cc1. The van der Waals surface area contributed by atoms with Crippen LogP contribution in [0.1, 0.15) is 22.3 Å². The van der Waals surface area contributed by atoms with Crippen LogP contribution in [0.15, 0.2) is 66.8 Å². The average molecular weight is 291 g/mol. The van der Waals surface area contributed by atoms with Crippen molar-refractivity contribution in [2.75, 3.05) is 12.4 Å². The molecule has 1 aliphatic carbocycles. The summed E-state index contributed by atoms with van der Waals surface area (Å²) in [6.45, 7) is 0. The van der Waals surface area contributed by atoms with Crippen LogP contribution >= 0.6 is 0 Å². The highest BCUT2D eigenvalue weighted by atomic mass is 16.5. The number of para-hydroxylation sites is 2. The first-order chi connectivity index (χ1) is 10.8. The quantitative estimate of drug-likeness (QED) is 0.912. The summed E-state index contributed by atoms with van der Waals surface area (Å²) in [6, 6.07) is 15.0. The van der Waals surface area contributed by atoms with Gasteiger partial charge >= 0.3 is 0 Å². The number of amides is 1. The zero-order valence-electron chi connectivity index (χ0n) is 12.4. The van der Waals surface area contributed by atoms with Gasteiger partial charge < -0.3 is 10.1 Å². The highest BCUT2D eigenvalue weighted by molar-refractivity contribution is 6.05. The summed E-state index contributed by atoms with van der Waals surface area (Å²) in [5.74, 6) is 0.504. The van der Waals surface area contributed by atoms with Gasteiger partial charge in [0.15, 0.2) is 0 Å². The van der Waals surface area contributed by atoms with Crippen LogP contribution in [0.3, 0.4) is 0 Å². The molecule has 2 aromatic rings. The number of nitrogens with one attached hydrogen (secondary N) is 1. The zero-order valence-corrected chi connectivity index (χ0v) is 12.4. The Morgan fingerprint density at radius 2 is 1.86 bits per heavy atom. The summed E-state index contributed by atoms with van der Waals surface area (Å²) in [4.78, 5) is 12.3. The minimum absolute atomic E-state index is 0.144. The maximum atomic E-state index is 12.3. The number of ether oxygens (including phenoxy) is 1. The second kappa shape index (κ2) is 6.31. The van der Waals surface area contributed by atoms with Gasteiger partial charge in [0.05, 0.1) is 12.8 Å². The summed E-state index contributed by atoms with van der Waals surface area (Å²) in [5, 5.41) is 2.88. The smallest absolute Gasteiger partial charge is 0.255 e. The lowest BCUT2D eigenvalue weighted by atomic mass is 10.0. The van der Waals surface area contributed by atoms with Gasteiger partial charge in [0, 0.05) is 5.56 Å². The number of benzene rings is 2. The molecule has 0 saturated heterocycles. The second-order valence-corrected chi connectivity index (χ2v) is 5.06. The Morgan fingerprint density at radius 3 is 2.55 bits per heavy atom. The molecule has 110 valence electrons. The molecule has 0 radical (unpaired) electrons. The van der Waals surface area contributed by atoms with Crippen LogP contribution in [0.4, 0.5) is 5.69 Å². The van der Waals surface area contributed by atoms with Gasteiger partial charge in [-0.05, 0) is 41.8 Å². The molecule has 3 rings (SSSR count). The third-order valence-corrected chi connectivity index (χ3v) is 3.64. The van der Waals surface area contributed by atoms with Gasteiger partial charge in [-0.3, -0.25) is 4.79 Å². The van der Waals surface area contributed by atoms with Crippen LogP contribution in [0.25, 0.3) is 5.57 Å². The number of anilines is 1. The molecule has 3 heteroatoms. The summed E-state index contributed by atoms with van der Waals surface area (Å²) < 4.78 is 5.24. The predicted octanol–water partition coefficient (Wildman–Crippen LogP) is 4.29. The predicted molar refractivity (Wildman–Crippen MR) is 89.1 cm³/mol. The molecule has 0 heterocycles. The van der Waals surface area contributed by atoms with Crippen molar-refractivity contribution >= 4 is 17.2 Å². The molecule has 0 aromatic heterocycles. The number of hydrogen-bond donors (Lipinski definition) is 1. The lowest BCUT2D eigenvalue weighted by Gasteiger charge is -2.10. The van der Waals surface area contributed by atoms with E-state index >= 15 is 0 Å². The topological polar surface area (TPSA) is 38.3 Å². The summed E-state index contributed by atoms with van der Waals surface area (Å²) in [7, 11) is 1.59. The van der Waals surface area contributed by atoms with E-state index in [-0.39, 0.29) is 5.91 Å². The van der Waals surface area contributed by atoms with E-state index in [0.29, 0.717) is 17.0 Å². The second-order valence-electron chi connectivity index (χ2n) is 5.06. The minimum Gasteiger partial charge on any atom is -0.495 e. The molecule has 0 unspecified atom stereocenters. The average Bonchev–Trinajstić information content (AvgIpc) is 3.10. The lowest BCUT2D eigenvalue weighted by Crippen LogP contribution is -2.12. The number of methoxy groups -OCH3 is 1. The van der Waals surface area contributed by atoms with Crippen molar-refractivity contribution < 1.29 is 9.53 Å². The molecular formula is C19H17NO2. The van der Waals surface area contributed by atoms with Gasteiger partial charge in [0.1, 0.15) is 5.75 Å². The third kappa shape index (κ3) is 2.93. The fourth-order valence-corrected chi connectivity index (χ4v) is 2.44. The summed E-state index contributed by atoms with van der Waals surface area (Å²) >= 11 is 0. The Balaban J connectivity index is 1.75. The molecule has 3 nitrogen and oxygen atoms in total. The number of carbonyl (C=O) groups is 1. The highest BCUT2D eigenvalue weighted by Crippen LogP contribution is 2.25. The van der Waals surface area contributed by atoms with Crippen LogP contribution in [0, 0.1) is 0 Å². The van der Waals surface area contributed by atoms with Gasteiger partial charge in [0.2, 0.25) is 0 Å². The summed E-state index contributed by atoms with van der Waals surface area (Å²) in [5.41, 5.74) is 3.72. The van der Waals surface area contributed by atoms with E-state index in [1.165, 1.54) is 5.57 Å². The lowest BCUT2D eigenvalue weighted by molar-refractivity contribution is 0.102. The standard InChI is InChI=1S/C19H17NO2/c1-22-18-9-5-4-8-17(18)20-19(21)16-12-10-15(11-13-16)14-6-2-3-7-14/h2-6,8-13H,7H2,1H3,(H,20,21). The van der Waals surface area contributed by atoms with Crippen LogP contribution in [0.2, 0.25) is 0 Å². The molecule has 2 aromatic carbocycles. The maximum Gasteiger partial charge on any atom is 0.255 e. The van der Waals surface area contributed by atoms with Crippen molar-refractivity contribution in [1.82, 2.24) is 0 Å². The maximum absolute atomic E-state index is 12.3. The Bertz CT molecular complexity index is 742. The van der Waals surface area contributed by atoms with Crippen molar-refractivity contribution in [2.45, 2.75) is 6.42 Å². The molecule has 0 saturated carbocycles. The van der Waals surface area contributed by atoms with E-state index in [9.17, 15) is 4.79 Å². The third-order valence-electron chi connectivity index (χ3n) is 3.64. The van der Waals surface area contributed by atoms with Crippen molar-refractivity contribution in [2.24, 2.45) is 0 Å².